The molecule has 11 heteroatoms. The summed E-state index contributed by atoms with van der Waals surface area (Å²) in [5.74, 6) is -7.81. The second kappa shape index (κ2) is 9.12. The molecule has 0 saturated heterocycles. The van der Waals surface area contributed by atoms with Crippen LogP contribution < -0.4 is 5.73 Å². The third kappa shape index (κ3) is 3.47. The Bertz CT molecular complexity index is 1430. The Kier molecular flexibility index (Phi) is 6.14. The van der Waals surface area contributed by atoms with Gasteiger partial charge in [-0.2, -0.15) is 0 Å². The minimum absolute atomic E-state index is 0.0481. The lowest BCUT2D eigenvalue weighted by Crippen LogP contribution is -2.65. The zero-order chi connectivity index (χ0) is 28.8. The Balaban J connectivity index is 1.50. The fraction of sp³-hybridized carbons (Fsp3) is 0.552. The van der Waals surface area contributed by atoms with Gasteiger partial charge in [-0.05, 0) is 57.7 Å². The van der Waals surface area contributed by atoms with Gasteiger partial charge in [0, 0.05) is 41.7 Å². The number of amides is 1. The van der Waals surface area contributed by atoms with E-state index in [4.69, 9.17) is 5.73 Å². The van der Waals surface area contributed by atoms with Crippen molar-refractivity contribution in [3.63, 3.8) is 0 Å². The summed E-state index contributed by atoms with van der Waals surface area (Å²) in [6, 6.07) is -0.831. The number of Topliss-reactive ketones (excluding diaryl/α,β-unsaturated/α-hetero) is 2. The van der Waals surface area contributed by atoms with Crippen LogP contribution in [0.3, 0.4) is 0 Å². The van der Waals surface area contributed by atoms with Gasteiger partial charge in [0.15, 0.2) is 11.4 Å². The highest BCUT2D eigenvalue weighted by molar-refractivity contribution is 6.24. The lowest BCUT2D eigenvalue weighted by molar-refractivity contribution is -0.153. The topological polar surface area (TPSA) is 165 Å². The van der Waals surface area contributed by atoms with Crippen LogP contribution in [0.2, 0.25) is 0 Å². The van der Waals surface area contributed by atoms with E-state index in [0.29, 0.717) is 36.7 Å². The number of carbonyl (C=O) groups excluding carboxylic acids is 3. The van der Waals surface area contributed by atoms with Crippen LogP contribution in [0, 0.1) is 17.7 Å². The van der Waals surface area contributed by atoms with Crippen molar-refractivity contribution in [1.29, 1.82) is 0 Å². The predicted molar refractivity (Wildman–Crippen MR) is 141 cm³/mol. The van der Waals surface area contributed by atoms with Crippen molar-refractivity contribution >= 4 is 23.2 Å². The molecule has 0 unspecified atom stereocenters. The molecule has 1 heterocycles. The molecule has 1 aromatic rings. The van der Waals surface area contributed by atoms with Crippen LogP contribution in [-0.2, 0) is 33.8 Å². The van der Waals surface area contributed by atoms with Crippen LogP contribution in [0.25, 0.3) is 5.76 Å². The van der Waals surface area contributed by atoms with Gasteiger partial charge in [0.1, 0.15) is 28.7 Å². The van der Waals surface area contributed by atoms with Crippen molar-refractivity contribution in [3.8, 4) is 5.75 Å². The highest BCUT2D eigenvalue weighted by atomic mass is 19.1. The molecule has 4 atom stereocenters. The Morgan fingerprint density at radius 2 is 1.77 bits per heavy atom. The number of aliphatic hydroxyl groups excluding tert-OH is 2. The maximum Gasteiger partial charge on any atom is 0.255 e. The summed E-state index contributed by atoms with van der Waals surface area (Å²) in [5.41, 5.74) is 2.21. The number of fused-ring (bicyclic) bond motifs is 4. The van der Waals surface area contributed by atoms with Crippen LogP contribution in [0.15, 0.2) is 16.9 Å². The molecule has 1 amide bonds. The van der Waals surface area contributed by atoms with Gasteiger partial charge in [0.25, 0.3) is 5.91 Å². The number of ketones is 2. The SMILES string of the molecule is CN(C)[C@@H]1C(=O)C(C(N)=O)=C(O)[C@@]2(O)C(=O)C3=C(O)c4c(O)c5c(c(F)c4C[C@H]3C[C@@H]12)CCN(C1CCCC1)C5. The lowest BCUT2D eigenvalue weighted by atomic mass is 9.57. The molecule has 2 saturated carbocycles. The smallest absolute Gasteiger partial charge is 0.255 e. The molecule has 5 aliphatic rings. The number of primary amides is 1. The standard InChI is InChI=1S/C29H34FN3O7/c1-32(2)22-17-10-12-9-15-19(23(34)16-11-33(13-5-3-4-6-13)8-7-14(16)21(15)30)24(35)18(12)26(37)29(17,40)27(38)20(25(22)36)28(31)39/h12-13,17,22,34-35,38,40H,3-11H2,1-2H3,(H2,31,39)/t12-,17-,22-,29-/m0/s1. The molecule has 0 spiro atoms. The monoisotopic (exact) mass is 555 g/mol. The fourth-order valence-electron chi connectivity index (χ4n) is 7.99. The van der Waals surface area contributed by atoms with Crippen LogP contribution in [0.4, 0.5) is 4.39 Å². The summed E-state index contributed by atoms with van der Waals surface area (Å²) in [4.78, 5) is 42.9. The molecule has 40 heavy (non-hydrogen) atoms. The molecule has 10 nitrogen and oxygen atoms in total. The van der Waals surface area contributed by atoms with Gasteiger partial charge in [0.05, 0.1) is 11.6 Å². The number of benzene rings is 1. The molecule has 0 aromatic heterocycles. The number of likely N-dealkylation sites (N-methyl/N-ethyl adjacent to an activating group) is 1. The molecule has 214 valence electrons. The van der Waals surface area contributed by atoms with Gasteiger partial charge < -0.3 is 26.2 Å². The van der Waals surface area contributed by atoms with E-state index >= 15 is 4.39 Å². The number of aliphatic hydroxyl groups is 3. The minimum Gasteiger partial charge on any atom is -0.508 e. The number of phenolic OH excluding ortho intramolecular Hbond substituents is 1. The Labute approximate surface area is 230 Å². The maximum atomic E-state index is 16.1. The van der Waals surface area contributed by atoms with Crippen LogP contribution in [-0.4, -0.2) is 86.0 Å². The largest absolute Gasteiger partial charge is 0.508 e. The molecule has 4 aliphatic carbocycles. The normalized spacial score (nSPS) is 30.9. The third-order valence-corrected chi connectivity index (χ3v) is 9.88. The van der Waals surface area contributed by atoms with Crippen LogP contribution in [0.1, 0.15) is 54.4 Å². The van der Waals surface area contributed by atoms with Crippen LogP contribution in [0.5, 0.6) is 5.75 Å². The second-order valence-corrected chi connectivity index (χ2v) is 12.1. The quantitative estimate of drug-likeness (QED) is 0.347. The lowest BCUT2D eigenvalue weighted by Gasteiger charge is -2.50. The third-order valence-electron chi connectivity index (χ3n) is 9.88. The number of carbonyl (C=O) groups is 3. The summed E-state index contributed by atoms with van der Waals surface area (Å²) in [7, 11) is 3.07. The van der Waals surface area contributed by atoms with E-state index in [9.17, 15) is 34.8 Å². The number of phenols is 1. The summed E-state index contributed by atoms with van der Waals surface area (Å²) in [6.07, 6.45) is 4.61. The summed E-state index contributed by atoms with van der Waals surface area (Å²) in [6.45, 7) is 0.984. The van der Waals surface area contributed by atoms with Crippen LogP contribution >= 0.6 is 0 Å². The van der Waals surface area contributed by atoms with E-state index < -0.39 is 63.9 Å². The number of aromatic hydroxyl groups is 1. The van der Waals surface area contributed by atoms with Crippen molar-refractivity contribution in [2.45, 2.75) is 69.2 Å². The number of hydrogen-bond acceptors (Lipinski definition) is 9. The number of nitrogens with two attached hydrogens (primary N) is 1. The van der Waals surface area contributed by atoms with E-state index in [-0.39, 0.29) is 35.3 Å². The second-order valence-electron chi connectivity index (χ2n) is 12.1. The zero-order valence-corrected chi connectivity index (χ0v) is 22.5. The Hall–Kier alpha value is -3.28. The number of nitrogens with zero attached hydrogens (tertiary/aromatic N) is 2. The molecule has 6 rings (SSSR count). The highest BCUT2D eigenvalue weighted by Gasteiger charge is 2.64. The highest BCUT2D eigenvalue weighted by Crippen LogP contribution is 2.54. The molecule has 0 bridgehead atoms. The molecule has 2 fully saturated rings. The van der Waals surface area contributed by atoms with Crippen molar-refractivity contribution in [2.75, 3.05) is 20.6 Å². The van der Waals surface area contributed by atoms with Gasteiger partial charge in [-0.25, -0.2) is 4.39 Å². The number of rotatable bonds is 3. The summed E-state index contributed by atoms with van der Waals surface area (Å²) < 4.78 is 16.1. The first-order chi connectivity index (χ1) is 18.9. The summed E-state index contributed by atoms with van der Waals surface area (Å²) in [5, 5.41) is 45.5. The van der Waals surface area contributed by atoms with Crippen molar-refractivity contribution in [2.24, 2.45) is 17.6 Å². The van der Waals surface area contributed by atoms with Gasteiger partial charge >= 0.3 is 0 Å². The summed E-state index contributed by atoms with van der Waals surface area (Å²) >= 11 is 0. The van der Waals surface area contributed by atoms with Crippen molar-refractivity contribution in [1.82, 2.24) is 9.80 Å². The maximum absolute atomic E-state index is 16.1. The van der Waals surface area contributed by atoms with Crippen molar-refractivity contribution < 1.29 is 39.2 Å². The first-order valence-corrected chi connectivity index (χ1v) is 13.8. The molecule has 1 aliphatic heterocycles. The van der Waals surface area contributed by atoms with Gasteiger partial charge in [-0.15, -0.1) is 0 Å². The van der Waals surface area contributed by atoms with Gasteiger partial charge in [0.2, 0.25) is 5.78 Å². The number of halogens is 1. The van der Waals surface area contributed by atoms with E-state index in [1.54, 1.807) is 0 Å². The first-order valence-electron chi connectivity index (χ1n) is 13.8. The van der Waals surface area contributed by atoms with E-state index in [1.165, 1.54) is 19.0 Å². The number of hydrogen-bond donors (Lipinski definition) is 5. The van der Waals surface area contributed by atoms with Gasteiger partial charge in [-0.1, -0.05) is 12.8 Å². The Morgan fingerprint density at radius 1 is 1.10 bits per heavy atom. The molecule has 1 aromatic carbocycles. The molecule has 6 N–H and O–H groups in total. The average Bonchev–Trinajstić information content (AvgIpc) is 3.44. The zero-order valence-electron chi connectivity index (χ0n) is 22.5. The predicted octanol–water partition coefficient (Wildman–Crippen LogP) is 1.40. The minimum atomic E-state index is -2.72. The molecular formula is C29H34FN3O7. The van der Waals surface area contributed by atoms with E-state index in [0.717, 1.165) is 25.7 Å². The van der Waals surface area contributed by atoms with Crippen molar-refractivity contribution in [3.05, 3.63) is 45.0 Å². The first kappa shape index (κ1) is 26.9. The fourth-order valence-corrected chi connectivity index (χ4v) is 7.99. The Morgan fingerprint density at radius 3 is 2.40 bits per heavy atom. The average molecular weight is 556 g/mol. The van der Waals surface area contributed by atoms with E-state index in [2.05, 4.69) is 4.90 Å². The van der Waals surface area contributed by atoms with Gasteiger partial charge in [-0.3, -0.25) is 24.2 Å². The molecular weight excluding hydrogens is 521 g/mol. The van der Waals surface area contributed by atoms with E-state index in [1.807, 2.05) is 0 Å². The molecule has 0 radical (unpaired) electrons.